The molecule has 4 rings (SSSR count). The van der Waals surface area contributed by atoms with Gasteiger partial charge in [0, 0.05) is 18.0 Å². The zero-order valence-electron chi connectivity index (χ0n) is 14.7. The van der Waals surface area contributed by atoms with Crippen molar-refractivity contribution in [2.75, 3.05) is 31.1 Å². The highest BCUT2D eigenvalue weighted by atomic mass is 32.1. The van der Waals surface area contributed by atoms with Crippen molar-refractivity contribution in [3.05, 3.63) is 17.3 Å². The first-order valence-electron chi connectivity index (χ1n) is 9.11. The highest BCUT2D eigenvalue weighted by molar-refractivity contribution is 7.18. The van der Waals surface area contributed by atoms with Crippen LogP contribution < -0.4 is 10.6 Å². The molecular formula is C18H25N5OS. The third-order valence-electron chi connectivity index (χ3n) is 5.74. The summed E-state index contributed by atoms with van der Waals surface area (Å²) in [4.78, 5) is 28.2. The highest BCUT2D eigenvalue weighted by Crippen LogP contribution is 2.36. The quantitative estimate of drug-likeness (QED) is 0.910. The van der Waals surface area contributed by atoms with Crippen LogP contribution in [0.2, 0.25) is 0 Å². The Kier molecular flexibility index (Phi) is 4.37. The minimum atomic E-state index is -0.479. The van der Waals surface area contributed by atoms with Crippen molar-refractivity contribution in [2.24, 2.45) is 5.73 Å². The lowest BCUT2D eigenvalue weighted by atomic mass is 9.83. The van der Waals surface area contributed by atoms with E-state index in [0.29, 0.717) is 0 Å². The largest absolute Gasteiger partial charge is 0.368 e. The molecule has 134 valence electrons. The van der Waals surface area contributed by atoms with Crippen molar-refractivity contribution in [1.29, 1.82) is 0 Å². The molecule has 0 unspecified atom stereocenters. The number of aryl methyl sites for hydroxylation is 1. The van der Waals surface area contributed by atoms with Crippen molar-refractivity contribution in [3.63, 3.8) is 0 Å². The number of rotatable bonds is 3. The third-order valence-corrected chi connectivity index (χ3v) is 6.70. The Morgan fingerprint density at radius 2 is 1.88 bits per heavy atom. The fraction of sp³-hybridized carbons (Fsp3) is 0.611. The molecule has 0 atom stereocenters. The van der Waals surface area contributed by atoms with Crippen LogP contribution >= 0.6 is 11.3 Å². The molecule has 4 heterocycles. The van der Waals surface area contributed by atoms with Gasteiger partial charge >= 0.3 is 0 Å². The van der Waals surface area contributed by atoms with Gasteiger partial charge in [-0.25, -0.2) is 9.97 Å². The van der Waals surface area contributed by atoms with Crippen LogP contribution in [0.5, 0.6) is 0 Å². The number of nitrogens with two attached hydrogens (primary N) is 1. The van der Waals surface area contributed by atoms with Gasteiger partial charge in [-0.2, -0.15) is 0 Å². The molecule has 2 aliphatic heterocycles. The Labute approximate surface area is 152 Å². The van der Waals surface area contributed by atoms with Crippen LogP contribution in [0.4, 0.5) is 5.82 Å². The maximum absolute atomic E-state index is 12.4. The second-order valence-electron chi connectivity index (χ2n) is 7.20. The van der Waals surface area contributed by atoms with Crippen LogP contribution in [0.15, 0.2) is 12.4 Å². The average molecular weight is 359 g/mol. The van der Waals surface area contributed by atoms with Gasteiger partial charge in [-0.3, -0.25) is 9.69 Å². The van der Waals surface area contributed by atoms with Crippen LogP contribution in [-0.2, 0) is 4.79 Å². The normalized spacial score (nSPS) is 21.6. The number of thiophene rings is 1. The number of carbonyl (C=O) groups is 1. The van der Waals surface area contributed by atoms with E-state index in [2.05, 4.69) is 32.8 Å². The van der Waals surface area contributed by atoms with Crippen molar-refractivity contribution < 1.29 is 4.79 Å². The van der Waals surface area contributed by atoms with Gasteiger partial charge in [0.25, 0.3) is 0 Å². The summed E-state index contributed by atoms with van der Waals surface area (Å²) in [6.07, 6.45) is 6.79. The summed E-state index contributed by atoms with van der Waals surface area (Å²) < 4.78 is 0. The SMILES string of the molecule is Cc1cc2c(N3CCC(C(N)=O)(N4CCCCC4)CC3)ncnc2s1. The molecule has 2 saturated heterocycles. The molecule has 2 N–H and O–H groups in total. The minimum Gasteiger partial charge on any atom is -0.368 e. The number of fused-ring (bicyclic) bond motifs is 1. The van der Waals surface area contributed by atoms with Gasteiger partial charge < -0.3 is 10.6 Å². The molecule has 0 aliphatic carbocycles. The Morgan fingerprint density at radius 1 is 1.16 bits per heavy atom. The molecule has 0 aromatic carbocycles. The summed E-state index contributed by atoms with van der Waals surface area (Å²) in [5, 5.41) is 1.12. The zero-order valence-corrected chi connectivity index (χ0v) is 15.5. The number of aromatic nitrogens is 2. The molecule has 0 saturated carbocycles. The number of piperidine rings is 2. The van der Waals surface area contributed by atoms with Crippen molar-refractivity contribution in [2.45, 2.75) is 44.6 Å². The van der Waals surface area contributed by atoms with Crippen LogP contribution in [0.25, 0.3) is 10.2 Å². The lowest BCUT2D eigenvalue weighted by molar-refractivity contribution is -0.132. The van der Waals surface area contributed by atoms with Gasteiger partial charge in [-0.05, 0) is 51.8 Å². The van der Waals surface area contributed by atoms with E-state index in [1.54, 1.807) is 17.7 Å². The summed E-state index contributed by atoms with van der Waals surface area (Å²) in [5.41, 5.74) is 5.41. The molecule has 6 nitrogen and oxygen atoms in total. The van der Waals surface area contributed by atoms with Gasteiger partial charge in [0.2, 0.25) is 5.91 Å². The molecule has 2 fully saturated rings. The van der Waals surface area contributed by atoms with Crippen LogP contribution in [0.3, 0.4) is 0 Å². The molecule has 2 aromatic rings. The van der Waals surface area contributed by atoms with E-state index in [-0.39, 0.29) is 5.91 Å². The summed E-state index contributed by atoms with van der Waals surface area (Å²) >= 11 is 1.70. The lowest BCUT2D eigenvalue weighted by Crippen LogP contribution is -2.63. The number of hydrogen-bond donors (Lipinski definition) is 1. The maximum Gasteiger partial charge on any atom is 0.238 e. The van der Waals surface area contributed by atoms with E-state index in [1.165, 1.54) is 24.1 Å². The minimum absolute atomic E-state index is 0.159. The number of primary amides is 1. The van der Waals surface area contributed by atoms with E-state index >= 15 is 0 Å². The van der Waals surface area contributed by atoms with Gasteiger partial charge in [0.05, 0.1) is 5.39 Å². The monoisotopic (exact) mass is 359 g/mol. The topological polar surface area (TPSA) is 75.3 Å². The molecule has 0 bridgehead atoms. The number of amides is 1. The number of carbonyl (C=O) groups excluding carboxylic acids is 1. The van der Waals surface area contributed by atoms with Gasteiger partial charge in [-0.15, -0.1) is 11.3 Å². The second kappa shape index (κ2) is 6.53. The van der Waals surface area contributed by atoms with Crippen LogP contribution in [0, 0.1) is 6.92 Å². The number of anilines is 1. The highest BCUT2D eigenvalue weighted by Gasteiger charge is 2.45. The standard InChI is InChI=1S/C18H25N5OS/c1-13-11-14-15(20-12-21-16(14)25-13)22-9-5-18(6-10-22,17(19)24)23-7-3-2-4-8-23/h11-12H,2-10H2,1H3,(H2,19,24). The Morgan fingerprint density at radius 3 is 2.56 bits per heavy atom. The molecule has 0 radical (unpaired) electrons. The maximum atomic E-state index is 12.4. The van der Waals surface area contributed by atoms with E-state index < -0.39 is 5.54 Å². The summed E-state index contributed by atoms with van der Waals surface area (Å²) in [5.74, 6) is 0.833. The molecule has 2 aromatic heterocycles. The van der Waals surface area contributed by atoms with Gasteiger partial charge in [-0.1, -0.05) is 6.42 Å². The van der Waals surface area contributed by atoms with Gasteiger partial charge in [0.1, 0.15) is 22.5 Å². The third kappa shape index (κ3) is 2.89. The van der Waals surface area contributed by atoms with Crippen LogP contribution in [-0.4, -0.2) is 52.5 Å². The summed E-state index contributed by atoms with van der Waals surface area (Å²) in [6, 6.07) is 2.16. The zero-order chi connectivity index (χ0) is 17.4. The Bertz CT molecular complexity index is 775. The first-order valence-corrected chi connectivity index (χ1v) is 9.93. The van der Waals surface area contributed by atoms with E-state index in [9.17, 15) is 4.79 Å². The molecule has 1 amide bonds. The Hall–Kier alpha value is -1.73. The molecule has 0 spiro atoms. The van der Waals surface area contributed by atoms with Crippen molar-refractivity contribution >= 4 is 33.3 Å². The predicted molar refractivity (Wildman–Crippen MR) is 101 cm³/mol. The fourth-order valence-electron chi connectivity index (χ4n) is 4.34. The molecule has 7 heteroatoms. The second-order valence-corrected chi connectivity index (χ2v) is 8.44. The van der Waals surface area contributed by atoms with Crippen molar-refractivity contribution in [1.82, 2.24) is 14.9 Å². The van der Waals surface area contributed by atoms with E-state index in [0.717, 1.165) is 55.1 Å². The summed E-state index contributed by atoms with van der Waals surface area (Å²) in [6.45, 7) is 5.69. The smallest absolute Gasteiger partial charge is 0.238 e. The Balaban J connectivity index is 1.58. The lowest BCUT2D eigenvalue weighted by Gasteiger charge is -2.48. The molecule has 25 heavy (non-hydrogen) atoms. The summed E-state index contributed by atoms with van der Waals surface area (Å²) in [7, 11) is 0. The first kappa shape index (κ1) is 16.7. The number of likely N-dealkylation sites (tertiary alicyclic amines) is 1. The fourth-order valence-corrected chi connectivity index (χ4v) is 5.19. The molecule has 2 aliphatic rings. The van der Waals surface area contributed by atoms with Crippen LogP contribution in [0.1, 0.15) is 37.0 Å². The van der Waals surface area contributed by atoms with E-state index in [4.69, 9.17) is 5.73 Å². The number of hydrogen-bond acceptors (Lipinski definition) is 6. The molecular weight excluding hydrogens is 334 g/mol. The number of nitrogens with zero attached hydrogens (tertiary/aromatic N) is 4. The average Bonchev–Trinajstić information content (AvgIpc) is 3.02. The van der Waals surface area contributed by atoms with E-state index in [1.807, 2.05) is 0 Å². The van der Waals surface area contributed by atoms with Gasteiger partial charge in [0.15, 0.2) is 0 Å². The predicted octanol–water partition coefficient (Wildman–Crippen LogP) is 2.31. The van der Waals surface area contributed by atoms with Crippen molar-refractivity contribution in [3.8, 4) is 0 Å². The first-order chi connectivity index (χ1) is 12.1.